The highest BCUT2D eigenvalue weighted by atomic mass is 16.2. The summed E-state index contributed by atoms with van der Waals surface area (Å²) in [6.07, 6.45) is 8.56. The van der Waals surface area contributed by atoms with Crippen LogP contribution in [0, 0.1) is 5.92 Å². The molecule has 144 valence electrons. The third-order valence-corrected chi connectivity index (χ3v) is 5.51. The van der Waals surface area contributed by atoms with E-state index in [2.05, 4.69) is 20.2 Å². The first-order chi connectivity index (χ1) is 12.6. The first kappa shape index (κ1) is 18.9. The van der Waals surface area contributed by atoms with Gasteiger partial charge in [-0.2, -0.15) is 5.10 Å². The zero-order chi connectivity index (χ0) is 18.4. The maximum absolute atomic E-state index is 12.5. The van der Waals surface area contributed by atoms with E-state index < -0.39 is 0 Å². The number of anilines is 1. The lowest BCUT2D eigenvalue weighted by Crippen LogP contribution is -2.44. The number of rotatable bonds is 6. The van der Waals surface area contributed by atoms with Gasteiger partial charge in [0.1, 0.15) is 0 Å². The van der Waals surface area contributed by atoms with Crippen LogP contribution in [0.15, 0.2) is 17.1 Å². The molecule has 7 nitrogen and oxygen atoms in total. The van der Waals surface area contributed by atoms with Crippen LogP contribution in [-0.2, 0) is 11.8 Å². The number of nitrogens with zero attached hydrogens (tertiary/aromatic N) is 4. The van der Waals surface area contributed by atoms with Crippen LogP contribution in [-0.4, -0.2) is 59.9 Å². The van der Waals surface area contributed by atoms with Crippen molar-refractivity contribution in [3.8, 4) is 0 Å². The minimum absolute atomic E-state index is 0.0113. The predicted molar refractivity (Wildman–Crippen MR) is 102 cm³/mol. The van der Waals surface area contributed by atoms with E-state index in [0.29, 0.717) is 6.54 Å². The fourth-order valence-electron chi connectivity index (χ4n) is 3.90. The summed E-state index contributed by atoms with van der Waals surface area (Å²) in [7, 11) is 1.64. The average molecular weight is 361 g/mol. The van der Waals surface area contributed by atoms with Crippen molar-refractivity contribution in [3.63, 3.8) is 0 Å². The van der Waals surface area contributed by atoms with Crippen LogP contribution in [0.5, 0.6) is 0 Å². The Morgan fingerprint density at radius 1 is 1.23 bits per heavy atom. The Morgan fingerprint density at radius 3 is 2.81 bits per heavy atom. The van der Waals surface area contributed by atoms with Gasteiger partial charge in [-0.25, -0.2) is 4.68 Å². The van der Waals surface area contributed by atoms with E-state index in [9.17, 15) is 9.59 Å². The summed E-state index contributed by atoms with van der Waals surface area (Å²) >= 11 is 0. The second kappa shape index (κ2) is 9.16. The summed E-state index contributed by atoms with van der Waals surface area (Å²) in [6.45, 7) is 5.77. The molecule has 1 unspecified atom stereocenters. The molecule has 2 saturated heterocycles. The Bertz CT molecular complexity index is 654. The monoisotopic (exact) mass is 361 g/mol. The molecule has 1 N–H and O–H groups in total. The zero-order valence-electron chi connectivity index (χ0n) is 15.8. The molecule has 1 aromatic heterocycles. The number of amides is 1. The lowest BCUT2D eigenvalue weighted by molar-refractivity contribution is -0.125. The molecule has 26 heavy (non-hydrogen) atoms. The Kier molecular flexibility index (Phi) is 6.66. The number of hydrogen-bond acceptors (Lipinski definition) is 5. The number of aromatic nitrogens is 2. The van der Waals surface area contributed by atoms with Crippen LogP contribution in [0.3, 0.4) is 0 Å². The minimum Gasteiger partial charge on any atom is -0.369 e. The van der Waals surface area contributed by atoms with E-state index in [1.165, 1.54) is 37.0 Å². The summed E-state index contributed by atoms with van der Waals surface area (Å²) in [6, 6.07) is 1.60. The molecular weight excluding hydrogens is 330 g/mol. The van der Waals surface area contributed by atoms with Gasteiger partial charge in [0.25, 0.3) is 5.56 Å². The van der Waals surface area contributed by atoms with Gasteiger partial charge in [0.2, 0.25) is 5.91 Å². The SMILES string of the molecule is Cn1ncc(N2CCCC(C(=O)NCCCN3CCCCC3)C2)cc1=O. The van der Waals surface area contributed by atoms with E-state index in [0.717, 1.165) is 44.6 Å². The zero-order valence-corrected chi connectivity index (χ0v) is 15.8. The summed E-state index contributed by atoms with van der Waals surface area (Å²) in [5.74, 6) is 0.132. The minimum atomic E-state index is -0.119. The quantitative estimate of drug-likeness (QED) is 0.765. The van der Waals surface area contributed by atoms with E-state index in [1.54, 1.807) is 19.3 Å². The molecule has 7 heteroatoms. The number of carbonyl (C=O) groups is 1. The molecule has 2 aliphatic heterocycles. The molecule has 1 aromatic rings. The van der Waals surface area contributed by atoms with Crippen LogP contribution < -0.4 is 15.8 Å². The molecule has 2 fully saturated rings. The topological polar surface area (TPSA) is 70.5 Å². The number of hydrogen-bond donors (Lipinski definition) is 1. The van der Waals surface area contributed by atoms with Gasteiger partial charge in [0.05, 0.1) is 17.8 Å². The molecule has 1 amide bonds. The molecule has 0 bridgehead atoms. The highest BCUT2D eigenvalue weighted by Gasteiger charge is 2.26. The second-order valence-electron chi connectivity index (χ2n) is 7.51. The van der Waals surface area contributed by atoms with Crippen LogP contribution in [0.4, 0.5) is 5.69 Å². The van der Waals surface area contributed by atoms with Crippen LogP contribution in [0.2, 0.25) is 0 Å². The standard InChI is InChI=1S/C19H31N5O2/c1-22-18(25)13-17(14-21-22)24-12-5-7-16(15-24)19(26)20-8-6-11-23-9-3-2-4-10-23/h13-14,16H,2-12,15H2,1H3,(H,20,26). The summed E-state index contributed by atoms with van der Waals surface area (Å²) in [5, 5.41) is 7.20. The fraction of sp³-hybridized carbons (Fsp3) is 0.737. The van der Waals surface area contributed by atoms with Crippen molar-refractivity contribution in [1.29, 1.82) is 0 Å². The molecule has 1 atom stereocenters. The molecule has 0 spiro atoms. The Morgan fingerprint density at radius 2 is 2.04 bits per heavy atom. The van der Waals surface area contributed by atoms with Gasteiger partial charge in [0.15, 0.2) is 0 Å². The fourth-order valence-corrected chi connectivity index (χ4v) is 3.90. The van der Waals surface area contributed by atoms with E-state index in [1.807, 2.05) is 0 Å². The van der Waals surface area contributed by atoms with Crippen molar-refractivity contribution >= 4 is 11.6 Å². The predicted octanol–water partition coefficient (Wildman–Crippen LogP) is 0.989. The molecule has 0 aromatic carbocycles. The second-order valence-corrected chi connectivity index (χ2v) is 7.51. The van der Waals surface area contributed by atoms with Crippen molar-refractivity contribution in [3.05, 3.63) is 22.6 Å². The molecule has 3 rings (SSSR count). The number of likely N-dealkylation sites (tertiary alicyclic amines) is 1. The highest BCUT2D eigenvalue weighted by molar-refractivity contribution is 5.79. The van der Waals surface area contributed by atoms with Gasteiger partial charge in [0, 0.05) is 32.7 Å². The van der Waals surface area contributed by atoms with Crippen molar-refractivity contribution < 1.29 is 4.79 Å². The number of piperidine rings is 2. The molecule has 0 radical (unpaired) electrons. The van der Waals surface area contributed by atoms with Gasteiger partial charge in [-0.3, -0.25) is 9.59 Å². The maximum Gasteiger partial charge on any atom is 0.268 e. The lowest BCUT2D eigenvalue weighted by atomic mass is 9.97. The van der Waals surface area contributed by atoms with Crippen molar-refractivity contribution in [2.45, 2.75) is 38.5 Å². The summed E-state index contributed by atoms with van der Waals surface area (Å²) in [4.78, 5) is 28.9. The summed E-state index contributed by atoms with van der Waals surface area (Å²) < 4.78 is 1.32. The third kappa shape index (κ3) is 5.06. The first-order valence-corrected chi connectivity index (χ1v) is 9.92. The van der Waals surface area contributed by atoms with Crippen LogP contribution in [0.1, 0.15) is 38.5 Å². The smallest absolute Gasteiger partial charge is 0.268 e. The van der Waals surface area contributed by atoms with Gasteiger partial charge in [-0.15, -0.1) is 0 Å². The van der Waals surface area contributed by atoms with Gasteiger partial charge < -0.3 is 15.1 Å². The number of aryl methyl sites for hydroxylation is 1. The first-order valence-electron chi connectivity index (χ1n) is 9.92. The molecule has 2 aliphatic rings. The van der Waals surface area contributed by atoms with Gasteiger partial charge in [-0.05, 0) is 51.7 Å². The maximum atomic E-state index is 12.5. The van der Waals surface area contributed by atoms with E-state index in [4.69, 9.17) is 0 Å². The van der Waals surface area contributed by atoms with Crippen LogP contribution >= 0.6 is 0 Å². The largest absolute Gasteiger partial charge is 0.369 e. The van der Waals surface area contributed by atoms with E-state index >= 15 is 0 Å². The Hall–Kier alpha value is -1.89. The highest BCUT2D eigenvalue weighted by Crippen LogP contribution is 2.21. The van der Waals surface area contributed by atoms with Crippen LogP contribution in [0.25, 0.3) is 0 Å². The molecular formula is C19H31N5O2. The van der Waals surface area contributed by atoms with Crippen molar-refractivity contribution in [2.24, 2.45) is 13.0 Å². The summed E-state index contributed by atoms with van der Waals surface area (Å²) in [5.41, 5.74) is 0.697. The molecule has 0 saturated carbocycles. The number of nitrogens with one attached hydrogen (secondary N) is 1. The normalized spacial score (nSPS) is 21.6. The molecule has 0 aliphatic carbocycles. The van der Waals surface area contributed by atoms with Gasteiger partial charge in [-0.1, -0.05) is 6.42 Å². The Labute approximate surface area is 155 Å². The molecule has 3 heterocycles. The van der Waals surface area contributed by atoms with Gasteiger partial charge >= 0.3 is 0 Å². The van der Waals surface area contributed by atoms with E-state index in [-0.39, 0.29) is 17.4 Å². The lowest BCUT2D eigenvalue weighted by Gasteiger charge is -2.33. The average Bonchev–Trinajstić information content (AvgIpc) is 2.68. The van der Waals surface area contributed by atoms with Crippen molar-refractivity contribution in [2.75, 3.05) is 44.2 Å². The number of carbonyl (C=O) groups excluding carboxylic acids is 1. The Balaban J connectivity index is 1.43. The third-order valence-electron chi connectivity index (χ3n) is 5.51. The van der Waals surface area contributed by atoms with Crippen molar-refractivity contribution in [1.82, 2.24) is 20.0 Å².